The molecule has 0 aliphatic rings. The molecule has 0 aromatic heterocycles. The van der Waals surface area contributed by atoms with Crippen molar-refractivity contribution in [2.24, 2.45) is 0 Å². The van der Waals surface area contributed by atoms with Crippen LogP contribution >= 0.6 is 0 Å². The lowest BCUT2D eigenvalue weighted by Crippen LogP contribution is -2.15. The third kappa shape index (κ3) is 27.7. The van der Waals surface area contributed by atoms with Crippen molar-refractivity contribution < 1.29 is 37.9 Å². The van der Waals surface area contributed by atoms with E-state index in [2.05, 4.69) is 13.8 Å². The molecule has 0 aromatic rings. The molecule has 0 radical (unpaired) electrons. The van der Waals surface area contributed by atoms with Crippen LogP contribution in [0.15, 0.2) is 0 Å². The molecule has 0 saturated heterocycles. The Kier molecular flexibility index (Phi) is 28.4. The predicted octanol–water partition coefficient (Wildman–Crippen LogP) is 2.72. The van der Waals surface area contributed by atoms with Gasteiger partial charge in [0.2, 0.25) is 0 Å². The topological polar surface area (TPSA) is 73.8 Å². The van der Waals surface area contributed by atoms with E-state index in [0.717, 1.165) is 38.9 Å². The van der Waals surface area contributed by atoms with Gasteiger partial charge < -0.3 is 37.9 Å². The van der Waals surface area contributed by atoms with E-state index >= 15 is 0 Å². The van der Waals surface area contributed by atoms with Gasteiger partial charge in [-0.1, -0.05) is 26.7 Å². The molecule has 30 heavy (non-hydrogen) atoms. The summed E-state index contributed by atoms with van der Waals surface area (Å²) in [6, 6.07) is 0. The minimum Gasteiger partial charge on any atom is -0.379 e. The van der Waals surface area contributed by atoms with E-state index in [9.17, 15) is 0 Å². The smallest absolute Gasteiger partial charge is 0.0701 e. The third-order valence-corrected chi connectivity index (χ3v) is 3.89. The molecule has 0 atom stereocenters. The fraction of sp³-hybridized carbons (Fsp3) is 1.00. The van der Waals surface area contributed by atoms with Crippen molar-refractivity contribution in [3.8, 4) is 0 Å². The lowest BCUT2D eigenvalue weighted by atomic mass is 10.4. The maximum atomic E-state index is 5.44. The highest BCUT2D eigenvalue weighted by Gasteiger charge is 1.95. The number of ether oxygens (including phenoxy) is 8. The van der Waals surface area contributed by atoms with Crippen molar-refractivity contribution in [3.05, 3.63) is 0 Å². The highest BCUT2D eigenvalue weighted by atomic mass is 16.6. The Morgan fingerprint density at radius 2 is 0.433 bits per heavy atom. The van der Waals surface area contributed by atoms with Crippen LogP contribution in [0.2, 0.25) is 0 Å². The van der Waals surface area contributed by atoms with Crippen LogP contribution in [0.5, 0.6) is 0 Å². The molecule has 0 fully saturated rings. The minimum atomic E-state index is 0.552. The average Bonchev–Trinajstić information content (AvgIpc) is 2.76. The molecule has 0 aliphatic carbocycles. The Bertz CT molecular complexity index is 266. The van der Waals surface area contributed by atoms with Gasteiger partial charge in [0.1, 0.15) is 0 Å². The molecule has 0 saturated carbocycles. The van der Waals surface area contributed by atoms with E-state index in [1.165, 1.54) is 0 Å². The molecular weight excluding hydrogens is 392 g/mol. The normalized spacial score (nSPS) is 11.4. The molecule has 0 aromatic carbocycles. The summed E-state index contributed by atoms with van der Waals surface area (Å²) < 4.78 is 43.4. The zero-order valence-electron chi connectivity index (χ0n) is 19.4. The Hall–Kier alpha value is -0.320. The summed E-state index contributed by atoms with van der Waals surface area (Å²) in [5.41, 5.74) is 0. The molecule has 0 spiro atoms. The highest BCUT2D eigenvalue weighted by molar-refractivity contribution is 4.38. The highest BCUT2D eigenvalue weighted by Crippen LogP contribution is 1.89. The summed E-state index contributed by atoms with van der Waals surface area (Å²) >= 11 is 0. The summed E-state index contributed by atoms with van der Waals surface area (Å²) in [7, 11) is 0. The molecule has 0 amide bonds. The van der Waals surface area contributed by atoms with Crippen LogP contribution in [0.4, 0.5) is 0 Å². The van der Waals surface area contributed by atoms with E-state index < -0.39 is 0 Å². The number of rotatable bonds is 27. The van der Waals surface area contributed by atoms with Gasteiger partial charge in [0.05, 0.1) is 92.5 Å². The van der Waals surface area contributed by atoms with Gasteiger partial charge in [-0.2, -0.15) is 0 Å². The zero-order chi connectivity index (χ0) is 21.8. The fourth-order valence-corrected chi connectivity index (χ4v) is 2.13. The number of hydrogen-bond donors (Lipinski definition) is 0. The van der Waals surface area contributed by atoms with Gasteiger partial charge in [0.15, 0.2) is 0 Å². The summed E-state index contributed by atoms with van der Waals surface area (Å²) in [5.74, 6) is 0. The van der Waals surface area contributed by atoms with Crippen molar-refractivity contribution in [3.63, 3.8) is 0 Å². The predicted molar refractivity (Wildman–Crippen MR) is 116 cm³/mol. The first-order valence-corrected chi connectivity index (χ1v) is 11.5. The molecule has 0 bridgehead atoms. The van der Waals surface area contributed by atoms with Crippen LogP contribution in [-0.4, -0.2) is 106 Å². The fourth-order valence-electron chi connectivity index (χ4n) is 2.13. The maximum Gasteiger partial charge on any atom is 0.0701 e. The standard InChI is InChI=1S/C22H46O8/c1-3-5-7-23-9-11-25-13-15-27-17-19-29-21-22-30-20-18-28-16-14-26-12-10-24-8-6-4-2/h3-22H2,1-2H3. The molecule has 0 aliphatic heterocycles. The van der Waals surface area contributed by atoms with Crippen LogP contribution in [0.1, 0.15) is 39.5 Å². The third-order valence-electron chi connectivity index (χ3n) is 3.89. The number of hydrogen-bond acceptors (Lipinski definition) is 8. The molecule has 0 heterocycles. The maximum absolute atomic E-state index is 5.44. The van der Waals surface area contributed by atoms with Gasteiger partial charge in [0, 0.05) is 13.2 Å². The number of unbranched alkanes of at least 4 members (excludes halogenated alkanes) is 2. The van der Waals surface area contributed by atoms with Gasteiger partial charge in [-0.05, 0) is 12.8 Å². The summed E-state index contributed by atoms with van der Waals surface area (Å²) in [6.07, 6.45) is 4.52. The lowest BCUT2D eigenvalue weighted by Gasteiger charge is -2.08. The van der Waals surface area contributed by atoms with Crippen LogP contribution < -0.4 is 0 Å². The molecular formula is C22H46O8. The van der Waals surface area contributed by atoms with Gasteiger partial charge in [-0.3, -0.25) is 0 Å². The van der Waals surface area contributed by atoms with Crippen molar-refractivity contribution in [1.82, 2.24) is 0 Å². The quantitative estimate of drug-likeness (QED) is 0.181. The Morgan fingerprint density at radius 3 is 0.600 bits per heavy atom. The Balaban J connectivity index is 2.97. The molecule has 0 rings (SSSR count). The summed E-state index contributed by atoms with van der Waals surface area (Å²) in [6.45, 7) is 14.1. The Morgan fingerprint density at radius 1 is 0.267 bits per heavy atom. The molecule has 0 N–H and O–H groups in total. The largest absolute Gasteiger partial charge is 0.379 e. The second-order valence-corrected chi connectivity index (χ2v) is 6.61. The Labute approximate surface area is 183 Å². The van der Waals surface area contributed by atoms with E-state index in [1.54, 1.807) is 0 Å². The first-order chi connectivity index (χ1) is 14.9. The average molecular weight is 439 g/mol. The van der Waals surface area contributed by atoms with Crippen molar-refractivity contribution in [1.29, 1.82) is 0 Å². The monoisotopic (exact) mass is 438 g/mol. The summed E-state index contributed by atoms with van der Waals surface area (Å²) in [5, 5.41) is 0. The van der Waals surface area contributed by atoms with Gasteiger partial charge in [0.25, 0.3) is 0 Å². The first kappa shape index (κ1) is 29.7. The molecule has 182 valence electrons. The van der Waals surface area contributed by atoms with Crippen LogP contribution in [0, 0.1) is 0 Å². The van der Waals surface area contributed by atoms with Gasteiger partial charge >= 0.3 is 0 Å². The lowest BCUT2D eigenvalue weighted by molar-refractivity contribution is -0.0231. The van der Waals surface area contributed by atoms with Crippen molar-refractivity contribution >= 4 is 0 Å². The SMILES string of the molecule is CCCCOCCOCCOCCOCCOCCOCCOCCOCCCC. The van der Waals surface area contributed by atoms with E-state index in [4.69, 9.17) is 37.9 Å². The van der Waals surface area contributed by atoms with Gasteiger partial charge in [-0.15, -0.1) is 0 Å². The minimum absolute atomic E-state index is 0.552. The molecule has 8 nitrogen and oxygen atoms in total. The van der Waals surface area contributed by atoms with E-state index in [1.807, 2.05) is 0 Å². The van der Waals surface area contributed by atoms with E-state index in [-0.39, 0.29) is 0 Å². The van der Waals surface area contributed by atoms with Crippen LogP contribution in [0.3, 0.4) is 0 Å². The zero-order valence-corrected chi connectivity index (χ0v) is 19.4. The van der Waals surface area contributed by atoms with E-state index in [0.29, 0.717) is 92.5 Å². The first-order valence-electron chi connectivity index (χ1n) is 11.5. The van der Waals surface area contributed by atoms with Crippen molar-refractivity contribution in [2.75, 3.05) is 106 Å². The summed E-state index contributed by atoms with van der Waals surface area (Å²) in [4.78, 5) is 0. The molecule has 0 unspecified atom stereocenters. The van der Waals surface area contributed by atoms with Crippen LogP contribution in [-0.2, 0) is 37.9 Å². The van der Waals surface area contributed by atoms with Crippen molar-refractivity contribution in [2.45, 2.75) is 39.5 Å². The molecule has 8 heteroatoms. The van der Waals surface area contributed by atoms with Gasteiger partial charge in [-0.25, -0.2) is 0 Å². The second-order valence-electron chi connectivity index (χ2n) is 6.61. The van der Waals surface area contributed by atoms with Crippen LogP contribution in [0.25, 0.3) is 0 Å². The second kappa shape index (κ2) is 28.7.